The van der Waals surface area contributed by atoms with E-state index in [1.54, 1.807) is 0 Å². The van der Waals surface area contributed by atoms with Crippen molar-refractivity contribution in [3.8, 4) is 11.8 Å². The van der Waals surface area contributed by atoms with Crippen molar-refractivity contribution in [1.82, 2.24) is 0 Å². The minimum Gasteiger partial charge on any atom is -0.143 e. The van der Waals surface area contributed by atoms with Crippen molar-refractivity contribution in [2.24, 2.45) is 0 Å². The normalized spacial score (nSPS) is 10.5. The van der Waals surface area contributed by atoms with E-state index in [4.69, 9.17) is 0 Å². The van der Waals surface area contributed by atoms with Crippen LogP contribution in [0.1, 0.15) is 26.3 Å². The Bertz CT molecular complexity index is 327. The van der Waals surface area contributed by atoms with E-state index in [2.05, 4.69) is 32.6 Å². The maximum Gasteiger partial charge on any atom is 0.0712 e. The van der Waals surface area contributed by atoms with Crippen LogP contribution in [0.4, 0.5) is 0 Å². The van der Waals surface area contributed by atoms with Crippen molar-refractivity contribution in [2.45, 2.75) is 25.5 Å². The van der Waals surface area contributed by atoms with Crippen LogP contribution in [0.15, 0.2) is 30.3 Å². The van der Waals surface area contributed by atoms with E-state index >= 15 is 0 Å². The first-order valence-corrected chi connectivity index (χ1v) is 5.85. The highest BCUT2D eigenvalue weighted by Crippen LogP contribution is 2.22. The second-order valence-corrected chi connectivity index (χ2v) is 5.45. The Balaban J connectivity index is 2.73. The molecule has 0 radical (unpaired) electrons. The average Bonchev–Trinajstić information content (AvgIpc) is 2.17. The van der Waals surface area contributed by atoms with Gasteiger partial charge in [-0.2, -0.15) is 0 Å². The Morgan fingerprint density at radius 1 is 1.21 bits per heavy atom. The molecule has 1 aromatic rings. The van der Waals surface area contributed by atoms with Crippen molar-refractivity contribution in [1.29, 1.82) is 0 Å². The average molecular weight is 204 g/mol. The number of thioether (sulfide) groups is 1. The summed E-state index contributed by atoms with van der Waals surface area (Å²) in [5, 5.41) is 0. The SMILES string of the molecule is CCSC(C)(C)C#Cc1ccccc1. The number of hydrogen-bond acceptors (Lipinski definition) is 1. The predicted octanol–water partition coefficient (Wildman–Crippen LogP) is 3.57. The van der Waals surface area contributed by atoms with Crippen molar-refractivity contribution < 1.29 is 0 Å². The molecular formula is C13H16S. The third-order valence-corrected chi connectivity index (χ3v) is 2.90. The smallest absolute Gasteiger partial charge is 0.0712 e. The number of hydrogen-bond donors (Lipinski definition) is 0. The lowest BCUT2D eigenvalue weighted by Gasteiger charge is -2.14. The van der Waals surface area contributed by atoms with Crippen molar-refractivity contribution in [3.05, 3.63) is 35.9 Å². The van der Waals surface area contributed by atoms with Crippen LogP contribution in [-0.2, 0) is 0 Å². The highest BCUT2D eigenvalue weighted by molar-refractivity contribution is 8.00. The zero-order valence-corrected chi connectivity index (χ0v) is 9.82. The fourth-order valence-corrected chi connectivity index (χ4v) is 1.99. The summed E-state index contributed by atoms with van der Waals surface area (Å²) in [7, 11) is 0. The van der Waals surface area contributed by atoms with Gasteiger partial charge in [-0.25, -0.2) is 0 Å². The molecule has 1 rings (SSSR count). The predicted molar refractivity (Wildman–Crippen MR) is 65.5 cm³/mol. The molecule has 0 aromatic heterocycles. The van der Waals surface area contributed by atoms with E-state index in [1.165, 1.54) is 0 Å². The molecule has 0 spiro atoms. The highest BCUT2D eigenvalue weighted by atomic mass is 32.2. The van der Waals surface area contributed by atoms with Gasteiger partial charge in [0.1, 0.15) is 0 Å². The van der Waals surface area contributed by atoms with Crippen LogP contribution in [0.5, 0.6) is 0 Å². The van der Waals surface area contributed by atoms with E-state index in [1.807, 2.05) is 42.1 Å². The summed E-state index contributed by atoms with van der Waals surface area (Å²) < 4.78 is 0.0601. The van der Waals surface area contributed by atoms with Gasteiger partial charge in [-0.15, -0.1) is 11.8 Å². The van der Waals surface area contributed by atoms with Crippen LogP contribution in [0.2, 0.25) is 0 Å². The quantitative estimate of drug-likeness (QED) is 0.664. The van der Waals surface area contributed by atoms with E-state index in [-0.39, 0.29) is 4.75 Å². The van der Waals surface area contributed by atoms with Gasteiger partial charge in [0, 0.05) is 5.56 Å². The monoisotopic (exact) mass is 204 g/mol. The summed E-state index contributed by atoms with van der Waals surface area (Å²) in [4.78, 5) is 0. The molecule has 0 unspecified atom stereocenters. The summed E-state index contributed by atoms with van der Waals surface area (Å²) >= 11 is 1.88. The standard InChI is InChI=1S/C13H16S/c1-4-14-13(2,3)11-10-12-8-6-5-7-9-12/h5-9H,4H2,1-3H3. The van der Waals surface area contributed by atoms with Crippen LogP contribution in [0.25, 0.3) is 0 Å². The van der Waals surface area contributed by atoms with Crippen LogP contribution in [0.3, 0.4) is 0 Å². The molecule has 0 aliphatic rings. The molecule has 0 bridgehead atoms. The Kier molecular flexibility index (Phi) is 4.10. The van der Waals surface area contributed by atoms with Crippen LogP contribution >= 0.6 is 11.8 Å². The minimum absolute atomic E-state index is 0.0601. The van der Waals surface area contributed by atoms with Crippen LogP contribution in [0, 0.1) is 11.8 Å². The Hall–Kier alpha value is -0.870. The molecule has 1 heteroatoms. The largest absolute Gasteiger partial charge is 0.143 e. The van der Waals surface area contributed by atoms with Crippen molar-refractivity contribution >= 4 is 11.8 Å². The maximum atomic E-state index is 3.29. The Labute approximate surface area is 91.1 Å². The molecule has 0 nitrogen and oxygen atoms in total. The van der Waals surface area contributed by atoms with E-state index in [0.717, 1.165) is 11.3 Å². The van der Waals surface area contributed by atoms with Gasteiger partial charge in [-0.05, 0) is 31.7 Å². The third-order valence-electron chi connectivity index (χ3n) is 1.79. The first-order chi connectivity index (χ1) is 6.64. The number of rotatable bonds is 2. The summed E-state index contributed by atoms with van der Waals surface area (Å²) in [6, 6.07) is 10.1. The van der Waals surface area contributed by atoms with Crippen molar-refractivity contribution in [2.75, 3.05) is 5.75 Å². The molecule has 0 aliphatic heterocycles. The van der Waals surface area contributed by atoms with E-state index in [9.17, 15) is 0 Å². The molecule has 0 atom stereocenters. The molecule has 0 fully saturated rings. The zero-order chi connectivity index (χ0) is 10.4. The third kappa shape index (κ3) is 3.89. The second kappa shape index (κ2) is 5.12. The summed E-state index contributed by atoms with van der Waals surface area (Å²) in [6.45, 7) is 6.49. The summed E-state index contributed by atoms with van der Waals surface area (Å²) in [5.41, 5.74) is 1.09. The van der Waals surface area contributed by atoms with Gasteiger partial charge in [0.25, 0.3) is 0 Å². The summed E-state index contributed by atoms with van der Waals surface area (Å²) in [6.07, 6.45) is 0. The highest BCUT2D eigenvalue weighted by Gasteiger charge is 2.12. The lowest BCUT2D eigenvalue weighted by Crippen LogP contribution is -2.11. The van der Waals surface area contributed by atoms with Crippen LogP contribution in [-0.4, -0.2) is 10.5 Å². The molecule has 0 amide bonds. The lowest BCUT2D eigenvalue weighted by atomic mass is 10.1. The first kappa shape index (κ1) is 11.2. The van der Waals surface area contributed by atoms with Gasteiger partial charge < -0.3 is 0 Å². The van der Waals surface area contributed by atoms with Gasteiger partial charge in [0.05, 0.1) is 4.75 Å². The Morgan fingerprint density at radius 2 is 1.86 bits per heavy atom. The fraction of sp³-hybridized carbons (Fsp3) is 0.385. The second-order valence-electron chi connectivity index (χ2n) is 3.56. The van der Waals surface area contributed by atoms with Gasteiger partial charge in [0.15, 0.2) is 0 Å². The summed E-state index contributed by atoms with van der Waals surface area (Å²) in [5.74, 6) is 7.60. The van der Waals surface area contributed by atoms with Gasteiger partial charge >= 0.3 is 0 Å². The Morgan fingerprint density at radius 3 is 2.43 bits per heavy atom. The van der Waals surface area contributed by atoms with Gasteiger partial charge in [0.2, 0.25) is 0 Å². The molecule has 0 N–H and O–H groups in total. The molecule has 0 saturated carbocycles. The molecule has 1 aromatic carbocycles. The maximum absolute atomic E-state index is 3.29. The molecule has 14 heavy (non-hydrogen) atoms. The molecule has 74 valence electrons. The molecule has 0 aliphatic carbocycles. The van der Waals surface area contributed by atoms with Gasteiger partial charge in [-0.1, -0.05) is 37.0 Å². The van der Waals surface area contributed by atoms with E-state index in [0.29, 0.717) is 0 Å². The molecule has 0 saturated heterocycles. The van der Waals surface area contributed by atoms with Crippen molar-refractivity contribution in [3.63, 3.8) is 0 Å². The lowest BCUT2D eigenvalue weighted by molar-refractivity contribution is 0.933. The van der Waals surface area contributed by atoms with E-state index < -0.39 is 0 Å². The molecule has 0 heterocycles. The van der Waals surface area contributed by atoms with Gasteiger partial charge in [-0.3, -0.25) is 0 Å². The number of benzene rings is 1. The van der Waals surface area contributed by atoms with Crippen LogP contribution < -0.4 is 0 Å². The minimum atomic E-state index is 0.0601. The first-order valence-electron chi connectivity index (χ1n) is 4.86. The fourth-order valence-electron chi connectivity index (χ4n) is 1.14. The topological polar surface area (TPSA) is 0 Å². The zero-order valence-electron chi connectivity index (χ0n) is 9.00. The molecular weight excluding hydrogens is 188 g/mol.